The van der Waals surface area contributed by atoms with Gasteiger partial charge in [-0.1, -0.05) is 72.6 Å². The summed E-state index contributed by atoms with van der Waals surface area (Å²) in [6, 6.07) is 9.29. The van der Waals surface area contributed by atoms with Gasteiger partial charge in [0.25, 0.3) is 0 Å². The molecule has 0 aromatic heterocycles. The Morgan fingerprint density at radius 2 is 1.62 bits per heavy atom. The van der Waals surface area contributed by atoms with E-state index in [9.17, 15) is 4.79 Å². The molecule has 5 rings (SSSR count). The van der Waals surface area contributed by atoms with E-state index in [-0.39, 0.29) is 6.10 Å². The van der Waals surface area contributed by atoms with E-state index in [0.717, 1.165) is 54.3 Å². The highest BCUT2D eigenvalue weighted by atomic mass is 16.7. The first-order chi connectivity index (χ1) is 18.7. The van der Waals surface area contributed by atoms with Gasteiger partial charge >= 0.3 is 6.16 Å². The quantitative estimate of drug-likeness (QED) is 0.245. The molecule has 3 heteroatoms. The van der Waals surface area contributed by atoms with Crippen molar-refractivity contribution in [1.29, 1.82) is 0 Å². The molecule has 0 aliphatic heterocycles. The van der Waals surface area contributed by atoms with Gasteiger partial charge in [0.15, 0.2) is 0 Å². The number of rotatable bonds is 8. The molecule has 0 saturated heterocycles. The van der Waals surface area contributed by atoms with Gasteiger partial charge in [0.2, 0.25) is 0 Å². The average molecular weight is 537 g/mol. The van der Waals surface area contributed by atoms with Crippen LogP contribution in [0.3, 0.4) is 0 Å². The third kappa shape index (κ3) is 5.67. The Hall–Kier alpha value is -1.51. The first-order valence-corrected chi connectivity index (χ1v) is 16.6. The summed E-state index contributed by atoms with van der Waals surface area (Å²) in [5.74, 6) is 7.39. The standard InChI is InChI=1S/C36H56O3/c1-7-26(24(2)3)14-13-25(4)31-17-18-32-30-16-15-27-23-29(39-34(37)38-28-11-9-8-10-12-28)19-21-35(27,5)33(30)20-22-36(31,32)6/h8-12,24-27,29-33H,7,13-23H2,1-6H3/t25-,26-,27?,29?,30?,31-,32?,33?,35+,36-/m1/s1. The minimum atomic E-state index is -0.540. The molecule has 0 radical (unpaired) electrons. The first kappa shape index (κ1) is 29.0. The van der Waals surface area contributed by atoms with Crippen LogP contribution in [0.25, 0.3) is 0 Å². The summed E-state index contributed by atoms with van der Waals surface area (Å²) in [7, 11) is 0. The largest absolute Gasteiger partial charge is 0.514 e. The summed E-state index contributed by atoms with van der Waals surface area (Å²) in [5, 5.41) is 0. The van der Waals surface area contributed by atoms with Crippen molar-refractivity contribution in [3.05, 3.63) is 30.3 Å². The number of benzene rings is 1. The molecule has 0 heterocycles. The SMILES string of the molecule is CC[C@H](CC[C@@H](C)[C@H]1CCC2C3CCC4CC(OC(=O)Oc5ccccc5)CC[C@]4(C)C3CC[C@@]21C)C(C)C. The zero-order valence-corrected chi connectivity index (χ0v) is 25.8. The highest BCUT2D eigenvalue weighted by Crippen LogP contribution is 2.68. The van der Waals surface area contributed by atoms with Crippen LogP contribution in [0.15, 0.2) is 30.3 Å². The second-order valence-corrected chi connectivity index (χ2v) is 15.0. The molecular weight excluding hydrogens is 480 g/mol. The van der Waals surface area contributed by atoms with Crippen molar-refractivity contribution < 1.29 is 14.3 Å². The molecule has 1 aromatic carbocycles. The van der Waals surface area contributed by atoms with Crippen molar-refractivity contribution in [1.82, 2.24) is 0 Å². The highest BCUT2D eigenvalue weighted by Gasteiger charge is 2.60. The Morgan fingerprint density at radius 3 is 2.33 bits per heavy atom. The summed E-state index contributed by atoms with van der Waals surface area (Å²) in [6.45, 7) is 15.1. The van der Waals surface area contributed by atoms with Crippen LogP contribution >= 0.6 is 0 Å². The minimum Gasteiger partial charge on any atom is -0.431 e. The van der Waals surface area contributed by atoms with Crippen LogP contribution in [0, 0.1) is 58.2 Å². The second kappa shape index (κ2) is 11.8. The molecule has 0 amide bonds. The second-order valence-electron chi connectivity index (χ2n) is 15.0. The van der Waals surface area contributed by atoms with E-state index < -0.39 is 6.16 Å². The molecule has 3 nitrogen and oxygen atoms in total. The van der Waals surface area contributed by atoms with Gasteiger partial charge in [0.05, 0.1) is 0 Å². The molecule has 0 spiro atoms. The van der Waals surface area contributed by atoms with Gasteiger partial charge < -0.3 is 9.47 Å². The molecule has 5 unspecified atom stereocenters. The maximum absolute atomic E-state index is 12.5. The molecule has 10 atom stereocenters. The number of hydrogen-bond donors (Lipinski definition) is 0. The van der Waals surface area contributed by atoms with Gasteiger partial charge in [-0.25, -0.2) is 4.79 Å². The van der Waals surface area contributed by atoms with Crippen LogP contribution in [-0.4, -0.2) is 12.3 Å². The van der Waals surface area contributed by atoms with Gasteiger partial charge in [-0.05, 0) is 135 Å². The fourth-order valence-electron chi connectivity index (χ4n) is 10.7. The van der Waals surface area contributed by atoms with Crippen LogP contribution in [0.1, 0.15) is 119 Å². The van der Waals surface area contributed by atoms with Crippen LogP contribution in [0.4, 0.5) is 4.79 Å². The Balaban J connectivity index is 1.19. The van der Waals surface area contributed by atoms with Crippen LogP contribution in [-0.2, 0) is 4.74 Å². The van der Waals surface area contributed by atoms with E-state index in [1.807, 2.05) is 18.2 Å². The summed E-state index contributed by atoms with van der Waals surface area (Å²) < 4.78 is 11.3. The van der Waals surface area contributed by atoms with Gasteiger partial charge in [0.1, 0.15) is 11.9 Å². The Labute approximate surface area is 239 Å². The lowest BCUT2D eigenvalue weighted by atomic mass is 9.44. The lowest BCUT2D eigenvalue weighted by molar-refractivity contribution is -0.131. The fraction of sp³-hybridized carbons (Fsp3) is 0.806. The smallest absolute Gasteiger partial charge is 0.431 e. The fourth-order valence-corrected chi connectivity index (χ4v) is 10.7. The minimum absolute atomic E-state index is 0.000750. The number of carbonyl (C=O) groups excluding carboxylic acids is 1. The Morgan fingerprint density at radius 1 is 0.897 bits per heavy atom. The first-order valence-electron chi connectivity index (χ1n) is 16.6. The highest BCUT2D eigenvalue weighted by molar-refractivity contribution is 5.63. The third-order valence-electron chi connectivity index (χ3n) is 13.0. The molecule has 1 aromatic rings. The molecule has 0 N–H and O–H groups in total. The summed E-state index contributed by atoms with van der Waals surface area (Å²) in [5.41, 5.74) is 0.952. The normalized spacial score (nSPS) is 39.3. The van der Waals surface area contributed by atoms with Crippen molar-refractivity contribution in [2.45, 2.75) is 125 Å². The monoisotopic (exact) mass is 536 g/mol. The van der Waals surface area contributed by atoms with E-state index in [4.69, 9.17) is 9.47 Å². The third-order valence-corrected chi connectivity index (χ3v) is 13.0. The zero-order valence-electron chi connectivity index (χ0n) is 25.8. The summed E-state index contributed by atoms with van der Waals surface area (Å²) in [4.78, 5) is 12.5. The maximum Gasteiger partial charge on any atom is 0.514 e. The van der Waals surface area contributed by atoms with E-state index >= 15 is 0 Å². The molecule has 218 valence electrons. The molecule has 39 heavy (non-hydrogen) atoms. The predicted molar refractivity (Wildman–Crippen MR) is 160 cm³/mol. The van der Waals surface area contributed by atoms with E-state index in [0.29, 0.717) is 22.5 Å². The van der Waals surface area contributed by atoms with Crippen molar-refractivity contribution in [2.75, 3.05) is 0 Å². The van der Waals surface area contributed by atoms with Gasteiger partial charge in [-0.15, -0.1) is 0 Å². The lowest BCUT2D eigenvalue weighted by Gasteiger charge is -2.61. The van der Waals surface area contributed by atoms with Gasteiger partial charge in [0, 0.05) is 0 Å². The van der Waals surface area contributed by atoms with Crippen LogP contribution in [0.5, 0.6) is 5.75 Å². The summed E-state index contributed by atoms with van der Waals surface area (Å²) in [6.07, 6.45) is 15.3. The number of para-hydroxylation sites is 1. The number of carbonyl (C=O) groups is 1. The number of hydrogen-bond acceptors (Lipinski definition) is 3. The van der Waals surface area contributed by atoms with Crippen molar-refractivity contribution in [3.8, 4) is 5.75 Å². The van der Waals surface area contributed by atoms with E-state index in [1.54, 1.807) is 12.1 Å². The molecule has 4 aliphatic carbocycles. The Kier molecular flexibility index (Phi) is 8.75. The zero-order chi connectivity index (χ0) is 27.8. The molecule has 0 bridgehead atoms. The number of fused-ring (bicyclic) bond motifs is 5. The number of ether oxygens (including phenoxy) is 2. The van der Waals surface area contributed by atoms with Crippen LogP contribution in [0.2, 0.25) is 0 Å². The lowest BCUT2D eigenvalue weighted by Crippen LogP contribution is -2.54. The topological polar surface area (TPSA) is 35.5 Å². The van der Waals surface area contributed by atoms with Gasteiger partial charge in [-0.2, -0.15) is 0 Å². The van der Waals surface area contributed by atoms with Gasteiger partial charge in [-0.3, -0.25) is 0 Å². The van der Waals surface area contributed by atoms with E-state index in [2.05, 4.69) is 41.5 Å². The summed E-state index contributed by atoms with van der Waals surface area (Å²) >= 11 is 0. The maximum atomic E-state index is 12.5. The van der Waals surface area contributed by atoms with E-state index in [1.165, 1.54) is 64.2 Å². The van der Waals surface area contributed by atoms with Crippen molar-refractivity contribution >= 4 is 6.16 Å². The molecule has 4 saturated carbocycles. The van der Waals surface area contributed by atoms with Crippen molar-refractivity contribution in [3.63, 3.8) is 0 Å². The van der Waals surface area contributed by atoms with Crippen LogP contribution < -0.4 is 4.74 Å². The van der Waals surface area contributed by atoms with Crippen molar-refractivity contribution in [2.24, 2.45) is 58.2 Å². The Bertz CT molecular complexity index is 957. The predicted octanol–water partition coefficient (Wildman–Crippen LogP) is 10.3. The molecule has 4 aliphatic rings. The molecular formula is C36H56O3. The molecule has 4 fully saturated rings. The average Bonchev–Trinajstić information content (AvgIpc) is 3.27.